The minimum atomic E-state index is -0.507. The summed E-state index contributed by atoms with van der Waals surface area (Å²) in [6.07, 6.45) is 0. The van der Waals surface area contributed by atoms with Gasteiger partial charge in [0, 0.05) is 30.4 Å². The maximum Gasteiger partial charge on any atom is 0.354 e. The quantitative estimate of drug-likeness (QED) is 0.576. The second kappa shape index (κ2) is 8.16. The first-order chi connectivity index (χ1) is 12.7. The van der Waals surface area contributed by atoms with Crippen LogP contribution in [0.15, 0.2) is 24.3 Å². The molecule has 0 spiro atoms. The highest BCUT2D eigenvalue weighted by molar-refractivity contribution is 6.05. The van der Waals surface area contributed by atoms with Crippen LogP contribution in [0.5, 0.6) is 0 Å². The molecular formula is C20H23FN2O4. The number of aromatic nitrogens is 1. The molecule has 0 saturated heterocycles. The van der Waals surface area contributed by atoms with Gasteiger partial charge in [-0.15, -0.1) is 0 Å². The maximum absolute atomic E-state index is 13.0. The topological polar surface area (TPSA) is 68.6 Å². The van der Waals surface area contributed by atoms with E-state index in [0.29, 0.717) is 34.6 Å². The van der Waals surface area contributed by atoms with Gasteiger partial charge in [0.2, 0.25) is 0 Å². The molecule has 0 unspecified atom stereocenters. The molecule has 0 aliphatic heterocycles. The third-order valence-corrected chi connectivity index (χ3v) is 4.56. The van der Waals surface area contributed by atoms with Gasteiger partial charge in [-0.1, -0.05) is 0 Å². The number of carbonyl (C=O) groups excluding carboxylic acids is 3. The van der Waals surface area contributed by atoms with Gasteiger partial charge in [-0.25, -0.2) is 9.18 Å². The van der Waals surface area contributed by atoms with Crippen molar-refractivity contribution in [2.45, 2.75) is 27.3 Å². The van der Waals surface area contributed by atoms with Crippen molar-refractivity contribution in [3.8, 4) is 0 Å². The number of amides is 1. The normalized spacial score (nSPS) is 10.6. The summed E-state index contributed by atoms with van der Waals surface area (Å²) in [6, 6.07) is 5.14. The largest absolute Gasteiger partial charge is 0.464 e. The molecule has 2 aromatic rings. The summed E-state index contributed by atoms with van der Waals surface area (Å²) in [7, 11) is 2.80. The maximum atomic E-state index is 13.0. The molecule has 0 aliphatic rings. The molecule has 27 heavy (non-hydrogen) atoms. The molecule has 1 aromatic heterocycles. The monoisotopic (exact) mass is 374 g/mol. The Morgan fingerprint density at radius 2 is 1.74 bits per heavy atom. The number of hydrogen-bond acceptors (Lipinski definition) is 4. The van der Waals surface area contributed by atoms with E-state index < -0.39 is 11.8 Å². The third-order valence-electron chi connectivity index (χ3n) is 4.56. The third kappa shape index (κ3) is 3.92. The minimum Gasteiger partial charge on any atom is -0.464 e. The van der Waals surface area contributed by atoms with Gasteiger partial charge in [0.25, 0.3) is 5.91 Å². The van der Waals surface area contributed by atoms with Gasteiger partial charge in [-0.2, -0.15) is 0 Å². The number of ketones is 1. The molecule has 0 bridgehead atoms. The molecule has 144 valence electrons. The minimum absolute atomic E-state index is 0.160. The Kier molecular flexibility index (Phi) is 6.15. The molecule has 6 nitrogen and oxygen atoms in total. The van der Waals surface area contributed by atoms with Crippen LogP contribution in [0.2, 0.25) is 0 Å². The van der Waals surface area contributed by atoms with Gasteiger partial charge in [0.05, 0.1) is 13.7 Å². The number of halogens is 1. The summed E-state index contributed by atoms with van der Waals surface area (Å²) in [5, 5.41) is 0. The van der Waals surface area contributed by atoms with E-state index in [1.165, 1.54) is 43.3 Å². The number of Topliss-reactive ketones (excluding diaryl/α,β-unsaturated/α-hetero) is 1. The number of hydrogen-bond donors (Lipinski definition) is 0. The predicted octanol–water partition coefficient (Wildman–Crippen LogP) is 3.01. The number of methoxy groups -OCH3 is 1. The van der Waals surface area contributed by atoms with Crippen molar-refractivity contribution in [1.29, 1.82) is 0 Å². The van der Waals surface area contributed by atoms with Crippen molar-refractivity contribution in [2.75, 3.05) is 20.7 Å². The van der Waals surface area contributed by atoms with Gasteiger partial charge in [-0.3, -0.25) is 9.59 Å². The molecule has 0 saturated carbocycles. The van der Waals surface area contributed by atoms with Gasteiger partial charge >= 0.3 is 5.97 Å². The van der Waals surface area contributed by atoms with Gasteiger partial charge in [0.15, 0.2) is 5.78 Å². The molecular weight excluding hydrogens is 351 g/mol. The van der Waals surface area contributed by atoms with E-state index >= 15 is 0 Å². The number of nitrogens with zero attached hydrogens (tertiary/aromatic N) is 2. The number of carbonyl (C=O) groups is 3. The number of esters is 1. The average molecular weight is 374 g/mol. The zero-order chi connectivity index (χ0) is 20.3. The highest BCUT2D eigenvalue weighted by Gasteiger charge is 2.27. The lowest BCUT2D eigenvalue weighted by atomic mass is 10.0. The fourth-order valence-corrected chi connectivity index (χ4v) is 3.24. The highest BCUT2D eigenvalue weighted by atomic mass is 19.1. The van der Waals surface area contributed by atoms with Crippen molar-refractivity contribution in [3.05, 3.63) is 58.2 Å². The number of ether oxygens (including phenoxy) is 1. The molecule has 1 amide bonds. The van der Waals surface area contributed by atoms with Gasteiger partial charge < -0.3 is 14.2 Å². The van der Waals surface area contributed by atoms with Gasteiger partial charge in [0.1, 0.15) is 11.5 Å². The molecule has 0 atom stereocenters. The first kappa shape index (κ1) is 20.4. The van der Waals surface area contributed by atoms with Crippen LogP contribution in [0.1, 0.15) is 49.4 Å². The van der Waals surface area contributed by atoms with Crippen LogP contribution in [0.25, 0.3) is 0 Å². The van der Waals surface area contributed by atoms with E-state index in [9.17, 15) is 18.8 Å². The molecule has 2 rings (SSSR count). The second-order valence-corrected chi connectivity index (χ2v) is 6.26. The molecule has 0 N–H and O–H groups in total. The van der Waals surface area contributed by atoms with Crippen molar-refractivity contribution in [1.82, 2.24) is 9.47 Å². The fraction of sp³-hybridized carbons (Fsp3) is 0.350. The van der Waals surface area contributed by atoms with Crippen LogP contribution in [0.3, 0.4) is 0 Å². The smallest absolute Gasteiger partial charge is 0.354 e. The fourth-order valence-electron chi connectivity index (χ4n) is 3.24. The molecule has 1 aromatic carbocycles. The average Bonchev–Trinajstić information content (AvgIpc) is 2.90. The Morgan fingerprint density at radius 3 is 2.26 bits per heavy atom. The van der Waals surface area contributed by atoms with E-state index in [-0.39, 0.29) is 18.2 Å². The van der Waals surface area contributed by atoms with Crippen molar-refractivity contribution >= 4 is 17.7 Å². The standard InChI is InChI=1S/C20H23FN2O4/c1-6-23-13(3)17(12(2)18(23)20(26)27-5)16(24)11-22(4)19(25)14-7-9-15(21)10-8-14/h7-10H,6,11H2,1-5H3. The lowest BCUT2D eigenvalue weighted by Gasteiger charge is -2.17. The Bertz CT molecular complexity index is 884. The molecule has 1 heterocycles. The SMILES string of the molecule is CCn1c(C)c(C(=O)CN(C)C(=O)c2ccc(F)cc2)c(C)c1C(=O)OC. The second-order valence-electron chi connectivity index (χ2n) is 6.26. The number of rotatable bonds is 6. The van der Waals surface area contributed by atoms with Crippen molar-refractivity contribution in [3.63, 3.8) is 0 Å². The van der Waals surface area contributed by atoms with Crippen LogP contribution in [-0.2, 0) is 11.3 Å². The van der Waals surface area contributed by atoms with Crippen molar-refractivity contribution in [2.24, 2.45) is 0 Å². The summed E-state index contributed by atoms with van der Waals surface area (Å²) in [5.41, 5.74) is 2.24. The zero-order valence-corrected chi connectivity index (χ0v) is 16.1. The Hall–Kier alpha value is -2.96. The predicted molar refractivity (Wildman–Crippen MR) is 98.6 cm³/mol. The van der Waals surface area contributed by atoms with E-state index in [2.05, 4.69) is 0 Å². The summed E-state index contributed by atoms with van der Waals surface area (Å²) in [6.45, 7) is 5.68. The number of benzene rings is 1. The first-order valence-corrected chi connectivity index (χ1v) is 8.55. The van der Waals surface area contributed by atoms with Crippen LogP contribution in [0.4, 0.5) is 4.39 Å². The summed E-state index contributed by atoms with van der Waals surface area (Å²) in [5.74, 6) is -1.61. The lowest BCUT2D eigenvalue weighted by Crippen LogP contribution is -2.32. The number of likely N-dealkylation sites (N-methyl/N-ethyl adjacent to an activating group) is 1. The Balaban J connectivity index is 2.30. The van der Waals surface area contributed by atoms with Crippen LogP contribution in [-0.4, -0.2) is 47.8 Å². The lowest BCUT2D eigenvalue weighted by molar-refractivity contribution is 0.0587. The van der Waals surface area contributed by atoms with E-state index in [1.54, 1.807) is 18.4 Å². The van der Waals surface area contributed by atoms with E-state index in [0.717, 1.165) is 0 Å². The van der Waals surface area contributed by atoms with Crippen LogP contribution < -0.4 is 0 Å². The molecule has 0 aliphatic carbocycles. The Morgan fingerprint density at radius 1 is 1.15 bits per heavy atom. The highest BCUT2D eigenvalue weighted by Crippen LogP contribution is 2.24. The Labute approximate surface area is 157 Å². The zero-order valence-electron chi connectivity index (χ0n) is 16.1. The van der Waals surface area contributed by atoms with E-state index in [1.807, 2.05) is 6.92 Å². The summed E-state index contributed by atoms with van der Waals surface area (Å²) >= 11 is 0. The first-order valence-electron chi connectivity index (χ1n) is 8.55. The van der Waals surface area contributed by atoms with E-state index in [4.69, 9.17) is 4.74 Å². The van der Waals surface area contributed by atoms with Crippen molar-refractivity contribution < 1.29 is 23.5 Å². The molecule has 7 heteroatoms. The van der Waals surface area contributed by atoms with Crippen LogP contribution >= 0.6 is 0 Å². The van der Waals surface area contributed by atoms with Gasteiger partial charge in [-0.05, 0) is 50.6 Å². The molecule has 0 radical (unpaired) electrons. The summed E-state index contributed by atoms with van der Waals surface area (Å²) < 4.78 is 19.6. The van der Waals surface area contributed by atoms with Crippen LogP contribution in [0, 0.1) is 19.7 Å². The molecule has 0 fully saturated rings. The summed E-state index contributed by atoms with van der Waals surface area (Å²) in [4.78, 5) is 38.7.